The Labute approximate surface area is 110 Å². The number of nitro groups is 1. The summed E-state index contributed by atoms with van der Waals surface area (Å²) in [6.45, 7) is 2.13. The van der Waals surface area contributed by atoms with E-state index >= 15 is 0 Å². The molecule has 1 heterocycles. The number of aromatic nitrogens is 2. The predicted molar refractivity (Wildman–Crippen MR) is 67.1 cm³/mol. The molecule has 1 aromatic heterocycles. The van der Waals surface area contributed by atoms with Gasteiger partial charge in [0.2, 0.25) is 5.69 Å². The van der Waals surface area contributed by atoms with E-state index in [4.69, 9.17) is 5.11 Å². The van der Waals surface area contributed by atoms with Crippen molar-refractivity contribution in [3.8, 4) is 0 Å². The van der Waals surface area contributed by atoms with Gasteiger partial charge in [-0.25, -0.2) is 4.79 Å². The number of aromatic carboxylic acids is 1. The van der Waals surface area contributed by atoms with Gasteiger partial charge in [-0.05, 0) is 18.8 Å². The van der Waals surface area contributed by atoms with Gasteiger partial charge in [0.05, 0.1) is 11.0 Å². The first-order chi connectivity index (χ1) is 9.02. The van der Waals surface area contributed by atoms with Crippen LogP contribution in [0.2, 0.25) is 0 Å². The monoisotopic (exact) mass is 267 g/mol. The molecule has 1 aliphatic carbocycles. The molecule has 0 spiro atoms. The number of hydrogen-bond donors (Lipinski definition) is 1. The Kier molecular flexibility index (Phi) is 3.82. The van der Waals surface area contributed by atoms with Crippen molar-refractivity contribution < 1.29 is 14.8 Å². The van der Waals surface area contributed by atoms with Crippen molar-refractivity contribution in [2.24, 2.45) is 5.92 Å². The lowest BCUT2D eigenvalue weighted by molar-refractivity contribution is -0.385. The second kappa shape index (κ2) is 5.38. The minimum Gasteiger partial charge on any atom is -0.476 e. The van der Waals surface area contributed by atoms with E-state index in [9.17, 15) is 14.9 Å². The van der Waals surface area contributed by atoms with E-state index in [0.717, 1.165) is 25.7 Å². The smallest absolute Gasteiger partial charge is 0.363 e. The molecule has 1 aromatic rings. The molecule has 1 aliphatic rings. The van der Waals surface area contributed by atoms with Crippen molar-refractivity contribution in [2.45, 2.75) is 45.1 Å². The summed E-state index contributed by atoms with van der Waals surface area (Å²) in [5.74, 6) is -0.761. The quantitative estimate of drug-likeness (QED) is 0.667. The van der Waals surface area contributed by atoms with Gasteiger partial charge in [-0.1, -0.05) is 26.2 Å². The maximum absolute atomic E-state index is 11.0. The lowest BCUT2D eigenvalue weighted by atomic mass is 9.84. The van der Waals surface area contributed by atoms with Crippen LogP contribution in [-0.4, -0.2) is 25.8 Å². The van der Waals surface area contributed by atoms with Gasteiger partial charge in [-0.15, -0.1) is 0 Å². The molecule has 2 rings (SSSR count). The van der Waals surface area contributed by atoms with Crippen molar-refractivity contribution in [3.63, 3.8) is 0 Å². The van der Waals surface area contributed by atoms with Crippen molar-refractivity contribution in [2.75, 3.05) is 0 Å². The molecule has 1 saturated carbocycles. The van der Waals surface area contributed by atoms with Crippen LogP contribution in [0.15, 0.2) is 6.20 Å². The Balaban J connectivity index is 2.27. The molecule has 2 atom stereocenters. The highest BCUT2D eigenvalue weighted by Gasteiger charge is 2.29. The van der Waals surface area contributed by atoms with Gasteiger partial charge in [0.1, 0.15) is 6.20 Å². The van der Waals surface area contributed by atoms with E-state index in [2.05, 4.69) is 12.0 Å². The minimum absolute atomic E-state index is 0.0745. The van der Waals surface area contributed by atoms with E-state index < -0.39 is 22.3 Å². The lowest BCUT2D eigenvalue weighted by Crippen LogP contribution is -2.19. The Morgan fingerprint density at radius 3 is 2.89 bits per heavy atom. The first-order valence-corrected chi connectivity index (χ1v) is 6.49. The van der Waals surface area contributed by atoms with E-state index in [-0.39, 0.29) is 6.04 Å². The van der Waals surface area contributed by atoms with E-state index in [1.165, 1.54) is 17.3 Å². The third-order valence-electron chi connectivity index (χ3n) is 3.82. The van der Waals surface area contributed by atoms with Crippen LogP contribution in [0.4, 0.5) is 5.69 Å². The molecule has 0 aromatic carbocycles. The fourth-order valence-corrected chi connectivity index (χ4v) is 2.73. The third-order valence-corrected chi connectivity index (χ3v) is 3.82. The molecule has 0 aliphatic heterocycles. The Morgan fingerprint density at radius 2 is 2.37 bits per heavy atom. The van der Waals surface area contributed by atoms with Crippen LogP contribution in [0, 0.1) is 16.0 Å². The second-order valence-corrected chi connectivity index (χ2v) is 5.00. The maximum Gasteiger partial charge on any atom is 0.363 e. The lowest BCUT2D eigenvalue weighted by Gasteiger charge is -2.28. The molecule has 1 N–H and O–H groups in total. The molecule has 104 valence electrons. The fourth-order valence-electron chi connectivity index (χ4n) is 2.73. The Bertz CT molecular complexity index is 466. The van der Waals surface area contributed by atoms with Crippen LogP contribution >= 0.6 is 0 Å². The second-order valence-electron chi connectivity index (χ2n) is 5.00. The van der Waals surface area contributed by atoms with Crippen LogP contribution in [0.1, 0.15) is 55.6 Å². The summed E-state index contributed by atoms with van der Waals surface area (Å²) in [5.41, 5.74) is -0.894. The number of nitrogens with zero attached hydrogens (tertiary/aromatic N) is 3. The average Bonchev–Trinajstić information content (AvgIpc) is 2.84. The largest absolute Gasteiger partial charge is 0.476 e. The fraction of sp³-hybridized carbons (Fsp3) is 0.667. The molecule has 0 amide bonds. The summed E-state index contributed by atoms with van der Waals surface area (Å²) in [5, 5.41) is 23.7. The van der Waals surface area contributed by atoms with E-state index in [0.29, 0.717) is 5.92 Å². The number of rotatable bonds is 4. The normalized spacial score (nSPS) is 23.2. The van der Waals surface area contributed by atoms with Gasteiger partial charge >= 0.3 is 11.7 Å². The van der Waals surface area contributed by atoms with Crippen LogP contribution in [0.3, 0.4) is 0 Å². The van der Waals surface area contributed by atoms with Gasteiger partial charge in [0.25, 0.3) is 0 Å². The van der Waals surface area contributed by atoms with E-state index in [1.807, 2.05) is 0 Å². The standard InChI is InChI=1S/C12H17N3O4/c1-2-8-4-3-5-9(6-8)14-7-10(15(18)19)11(13-14)12(16)17/h7-9H,2-6H2,1H3,(H,16,17). The summed E-state index contributed by atoms with van der Waals surface area (Å²) in [7, 11) is 0. The average molecular weight is 267 g/mol. The zero-order valence-corrected chi connectivity index (χ0v) is 10.8. The molecule has 0 radical (unpaired) electrons. The predicted octanol–water partition coefficient (Wildman–Crippen LogP) is 2.63. The van der Waals surface area contributed by atoms with Gasteiger partial charge in [-0.2, -0.15) is 5.10 Å². The summed E-state index contributed by atoms with van der Waals surface area (Å²) in [6.07, 6.45) is 6.36. The summed E-state index contributed by atoms with van der Waals surface area (Å²) in [6, 6.07) is 0.0745. The van der Waals surface area contributed by atoms with Crippen LogP contribution in [-0.2, 0) is 0 Å². The molecule has 1 fully saturated rings. The van der Waals surface area contributed by atoms with Crippen LogP contribution in [0.25, 0.3) is 0 Å². The Morgan fingerprint density at radius 1 is 1.63 bits per heavy atom. The number of carboxylic acid groups (broad SMARTS) is 1. The zero-order chi connectivity index (χ0) is 14.0. The molecule has 0 bridgehead atoms. The number of carboxylic acids is 1. The molecular weight excluding hydrogens is 250 g/mol. The van der Waals surface area contributed by atoms with Crippen molar-refractivity contribution in [1.82, 2.24) is 9.78 Å². The van der Waals surface area contributed by atoms with Crippen molar-refractivity contribution in [3.05, 3.63) is 22.0 Å². The zero-order valence-electron chi connectivity index (χ0n) is 10.8. The first-order valence-electron chi connectivity index (χ1n) is 6.49. The van der Waals surface area contributed by atoms with Crippen molar-refractivity contribution >= 4 is 11.7 Å². The topological polar surface area (TPSA) is 98.3 Å². The summed E-state index contributed by atoms with van der Waals surface area (Å²) < 4.78 is 1.48. The SMILES string of the molecule is CCC1CCCC(n2cc([N+](=O)[O-])c(C(=O)O)n2)C1. The van der Waals surface area contributed by atoms with Gasteiger partial charge in [0.15, 0.2) is 0 Å². The van der Waals surface area contributed by atoms with Crippen molar-refractivity contribution in [1.29, 1.82) is 0 Å². The van der Waals surface area contributed by atoms with E-state index in [1.54, 1.807) is 0 Å². The molecule has 7 heteroatoms. The highest BCUT2D eigenvalue weighted by Crippen LogP contribution is 2.34. The molecule has 19 heavy (non-hydrogen) atoms. The van der Waals surface area contributed by atoms with Crippen LogP contribution in [0.5, 0.6) is 0 Å². The number of carbonyl (C=O) groups is 1. The van der Waals surface area contributed by atoms with Crippen LogP contribution < -0.4 is 0 Å². The molecule has 7 nitrogen and oxygen atoms in total. The maximum atomic E-state index is 11.0. The Hall–Kier alpha value is -1.92. The first kappa shape index (κ1) is 13.5. The van der Waals surface area contributed by atoms with Gasteiger partial charge in [0, 0.05) is 0 Å². The number of hydrogen-bond acceptors (Lipinski definition) is 4. The summed E-state index contributed by atoms with van der Waals surface area (Å²) >= 11 is 0. The molecule has 0 saturated heterocycles. The highest BCUT2D eigenvalue weighted by atomic mass is 16.6. The van der Waals surface area contributed by atoms with Gasteiger partial charge in [-0.3, -0.25) is 14.8 Å². The summed E-state index contributed by atoms with van der Waals surface area (Å²) in [4.78, 5) is 21.1. The highest BCUT2D eigenvalue weighted by molar-refractivity contribution is 5.89. The minimum atomic E-state index is -1.35. The molecule has 2 unspecified atom stereocenters. The third kappa shape index (κ3) is 2.74. The van der Waals surface area contributed by atoms with Gasteiger partial charge < -0.3 is 5.11 Å². The molecular formula is C12H17N3O4.